The Hall–Kier alpha value is -3.24. The molecule has 1 aliphatic carbocycles. The number of rotatable bonds is 4. The summed E-state index contributed by atoms with van der Waals surface area (Å²) in [5.41, 5.74) is 2.42. The Kier molecular flexibility index (Phi) is 5.62. The van der Waals surface area contributed by atoms with Crippen LogP contribution in [0.5, 0.6) is 0 Å². The van der Waals surface area contributed by atoms with Gasteiger partial charge in [-0.2, -0.15) is 10.4 Å². The average molecular weight is 434 g/mol. The first kappa shape index (κ1) is 20.7. The van der Waals surface area contributed by atoms with Gasteiger partial charge in [0.1, 0.15) is 17.7 Å². The minimum absolute atomic E-state index is 0.201. The van der Waals surface area contributed by atoms with Crippen molar-refractivity contribution in [3.05, 3.63) is 71.9 Å². The summed E-state index contributed by atoms with van der Waals surface area (Å²) in [5.74, 6) is -0.926. The smallest absolute Gasteiger partial charge is 0.132 e. The van der Waals surface area contributed by atoms with Crippen molar-refractivity contribution < 1.29 is 8.78 Å². The van der Waals surface area contributed by atoms with Crippen LogP contribution < -0.4 is 4.90 Å². The van der Waals surface area contributed by atoms with Crippen LogP contribution in [0.4, 0.5) is 14.5 Å². The highest BCUT2D eigenvalue weighted by Gasteiger charge is 2.32. The Morgan fingerprint density at radius 2 is 1.72 bits per heavy atom. The van der Waals surface area contributed by atoms with Gasteiger partial charge in [0.15, 0.2) is 0 Å². The number of halogens is 2. The lowest BCUT2D eigenvalue weighted by atomic mass is 10.1. The van der Waals surface area contributed by atoms with Gasteiger partial charge in [0, 0.05) is 44.0 Å². The van der Waals surface area contributed by atoms with Gasteiger partial charge in [-0.25, -0.2) is 8.78 Å². The number of piperazine rings is 1. The van der Waals surface area contributed by atoms with Gasteiger partial charge in [-0.1, -0.05) is 12.1 Å². The van der Waals surface area contributed by atoms with Crippen LogP contribution in [0, 0.1) is 23.0 Å². The average Bonchev–Trinajstić information content (AvgIpc) is 3.51. The molecule has 0 amide bonds. The molecule has 2 unspecified atom stereocenters. The zero-order valence-electron chi connectivity index (χ0n) is 17.8. The van der Waals surface area contributed by atoms with E-state index in [9.17, 15) is 14.0 Å². The number of aromatic nitrogens is 2. The Morgan fingerprint density at radius 3 is 2.53 bits per heavy atom. The largest absolute Gasteiger partial charge is 0.368 e. The maximum atomic E-state index is 14.1. The first-order valence-corrected chi connectivity index (χ1v) is 11.1. The molecule has 32 heavy (non-hydrogen) atoms. The van der Waals surface area contributed by atoms with E-state index in [2.05, 4.69) is 21.0 Å². The zero-order chi connectivity index (χ0) is 22.1. The van der Waals surface area contributed by atoms with Crippen LogP contribution in [-0.2, 0) is 0 Å². The highest BCUT2D eigenvalue weighted by Crippen LogP contribution is 2.34. The highest BCUT2D eigenvalue weighted by molar-refractivity contribution is 5.60. The second kappa shape index (κ2) is 8.71. The van der Waals surface area contributed by atoms with Crippen molar-refractivity contribution in [3.63, 3.8) is 0 Å². The quantitative estimate of drug-likeness (QED) is 0.603. The second-order valence-electron chi connectivity index (χ2n) is 8.58. The van der Waals surface area contributed by atoms with Crippen LogP contribution >= 0.6 is 0 Å². The van der Waals surface area contributed by atoms with Gasteiger partial charge in [-0.3, -0.25) is 9.58 Å². The molecule has 1 aliphatic heterocycles. The molecule has 2 aromatic carbocycles. The topological polar surface area (TPSA) is 48.1 Å². The summed E-state index contributed by atoms with van der Waals surface area (Å²) in [6, 6.07) is 16.1. The van der Waals surface area contributed by atoms with Crippen LogP contribution in [0.25, 0.3) is 11.3 Å². The van der Waals surface area contributed by atoms with Crippen molar-refractivity contribution in [2.45, 2.75) is 31.3 Å². The predicted octanol–water partition coefficient (Wildman–Crippen LogP) is 4.62. The van der Waals surface area contributed by atoms with Gasteiger partial charge < -0.3 is 4.90 Å². The third kappa shape index (κ3) is 3.98. The van der Waals surface area contributed by atoms with Gasteiger partial charge in [0.2, 0.25) is 0 Å². The molecule has 2 fully saturated rings. The van der Waals surface area contributed by atoms with E-state index in [1.54, 1.807) is 6.07 Å². The van der Waals surface area contributed by atoms with Gasteiger partial charge in [0.05, 0.1) is 23.0 Å². The fourth-order valence-electron chi connectivity index (χ4n) is 5.06. The Balaban J connectivity index is 1.21. The molecule has 5 nitrogen and oxygen atoms in total. The van der Waals surface area contributed by atoms with E-state index in [-0.39, 0.29) is 11.6 Å². The molecule has 0 radical (unpaired) electrons. The molecule has 2 aliphatic rings. The van der Waals surface area contributed by atoms with Crippen molar-refractivity contribution >= 4 is 5.69 Å². The fourth-order valence-corrected chi connectivity index (χ4v) is 5.06. The second-order valence-corrected chi connectivity index (χ2v) is 8.58. The standard InChI is InChI=1S/C25H25F2N5/c26-19-5-8-23(27)22(15-19)24-9-10-32(29-24)21-7-6-20(16-21)30-11-13-31(14-12-30)25-4-2-1-3-18(25)17-28/h1-5,8-10,15,20-21H,6-7,11-14,16H2. The zero-order valence-corrected chi connectivity index (χ0v) is 17.8. The SMILES string of the molecule is N#Cc1ccccc1N1CCN(C2CCC(n3ccc(-c4cc(F)ccc4F)n3)C2)CC1. The summed E-state index contributed by atoms with van der Waals surface area (Å²) < 4.78 is 29.6. The van der Waals surface area contributed by atoms with Crippen molar-refractivity contribution in [1.29, 1.82) is 5.26 Å². The normalized spacial score (nSPS) is 21.6. The molecule has 0 N–H and O–H groups in total. The number of hydrogen-bond acceptors (Lipinski definition) is 4. The third-order valence-corrected chi connectivity index (χ3v) is 6.76. The van der Waals surface area contributed by atoms with Crippen LogP contribution in [0.3, 0.4) is 0 Å². The van der Waals surface area contributed by atoms with Crippen molar-refractivity contribution in [3.8, 4) is 17.3 Å². The molecular weight excluding hydrogens is 408 g/mol. The summed E-state index contributed by atoms with van der Waals surface area (Å²) in [4.78, 5) is 4.84. The molecule has 0 bridgehead atoms. The van der Waals surface area contributed by atoms with Crippen molar-refractivity contribution in [1.82, 2.24) is 14.7 Å². The highest BCUT2D eigenvalue weighted by atomic mass is 19.1. The molecule has 2 atom stereocenters. The van der Waals surface area contributed by atoms with Gasteiger partial charge >= 0.3 is 0 Å². The van der Waals surface area contributed by atoms with Crippen LogP contribution in [-0.4, -0.2) is 46.9 Å². The number of anilines is 1. The number of nitrogens with zero attached hydrogens (tertiary/aromatic N) is 5. The monoisotopic (exact) mass is 433 g/mol. The van der Waals surface area contributed by atoms with E-state index in [0.29, 0.717) is 11.7 Å². The molecule has 7 heteroatoms. The minimum atomic E-state index is -0.464. The predicted molar refractivity (Wildman–Crippen MR) is 119 cm³/mol. The van der Waals surface area contributed by atoms with Crippen molar-refractivity contribution in [2.75, 3.05) is 31.1 Å². The summed E-state index contributed by atoms with van der Waals surface area (Å²) >= 11 is 0. The number of benzene rings is 2. The van der Waals surface area contributed by atoms with E-state index in [4.69, 9.17) is 0 Å². The Labute approximate surface area is 186 Å². The molecule has 2 heterocycles. The molecule has 3 aromatic rings. The lowest BCUT2D eigenvalue weighted by molar-refractivity contribution is 0.183. The minimum Gasteiger partial charge on any atom is -0.368 e. The molecule has 1 aromatic heterocycles. The van der Waals surface area contributed by atoms with E-state index in [1.165, 1.54) is 6.07 Å². The molecule has 164 valence electrons. The Bertz CT molecular complexity index is 1140. The number of hydrogen-bond donors (Lipinski definition) is 0. The molecule has 0 spiro atoms. The molecule has 5 rings (SSSR count). The summed E-state index contributed by atoms with van der Waals surface area (Å²) in [6.07, 6.45) is 5.00. The molecule has 1 saturated carbocycles. The van der Waals surface area contributed by atoms with Crippen molar-refractivity contribution in [2.24, 2.45) is 0 Å². The number of nitriles is 1. The van der Waals surface area contributed by atoms with E-state index in [1.807, 2.05) is 35.1 Å². The van der Waals surface area contributed by atoms with E-state index < -0.39 is 11.6 Å². The third-order valence-electron chi connectivity index (χ3n) is 6.76. The van der Waals surface area contributed by atoms with Gasteiger partial charge in [-0.15, -0.1) is 0 Å². The lowest BCUT2D eigenvalue weighted by Crippen LogP contribution is -2.50. The number of para-hydroxylation sites is 1. The maximum absolute atomic E-state index is 14.1. The lowest BCUT2D eigenvalue weighted by Gasteiger charge is -2.39. The first-order valence-electron chi connectivity index (χ1n) is 11.1. The van der Waals surface area contributed by atoms with Gasteiger partial charge in [-0.05, 0) is 55.7 Å². The van der Waals surface area contributed by atoms with Gasteiger partial charge in [0.25, 0.3) is 0 Å². The van der Waals surface area contributed by atoms with E-state index in [0.717, 1.165) is 68.8 Å². The summed E-state index contributed by atoms with van der Waals surface area (Å²) in [6.45, 7) is 3.75. The van der Waals surface area contributed by atoms with Crippen LogP contribution in [0.1, 0.15) is 30.9 Å². The maximum Gasteiger partial charge on any atom is 0.132 e. The molecular formula is C25H25F2N5. The first-order chi connectivity index (χ1) is 15.6. The molecule has 1 saturated heterocycles. The Morgan fingerprint density at radius 1 is 0.938 bits per heavy atom. The van der Waals surface area contributed by atoms with E-state index >= 15 is 0 Å². The van der Waals surface area contributed by atoms with Crippen LogP contribution in [0.15, 0.2) is 54.7 Å². The fraction of sp³-hybridized carbons (Fsp3) is 0.360. The van der Waals surface area contributed by atoms with Crippen LogP contribution in [0.2, 0.25) is 0 Å². The summed E-state index contributed by atoms with van der Waals surface area (Å²) in [7, 11) is 0. The summed E-state index contributed by atoms with van der Waals surface area (Å²) in [5, 5.41) is 13.9.